The molecule has 1 fully saturated rings. The number of amides is 1. The second kappa shape index (κ2) is 5.65. The van der Waals surface area contributed by atoms with Crippen LogP contribution in [0.15, 0.2) is 24.3 Å². The molecule has 2 atom stereocenters. The monoisotopic (exact) mass is 302 g/mol. The molecule has 1 saturated heterocycles. The van der Waals surface area contributed by atoms with Gasteiger partial charge in [0.15, 0.2) is 0 Å². The Balaban J connectivity index is 1.96. The van der Waals surface area contributed by atoms with Crippen molar-refractivity contribution in [2.75, 3.05) is 13.1 Å². The van der Waals surface area contributed by atoms with Crippen LogP contribution in [0.4, 0.5) is 4.39 Å². The molecule has 4 nitrogen and oxygen atoms in total. The van der Waals surface area contributed by atoms with E-state index >= 15 is 0 Å². The molecule has 0 spiro atoms. The van der Waals surface area contributed by atoms with Gasteiger partial charge in [-0.15, -0.1) is 0 Å². The lowest BCUT2D eigenvalue weighted by Gasteiger charge is -2.35. The SMILES string of the molecule is Cc1nc2cc(F)ccc2cc1C(=O)N1C[C@@H](C)O[C@H](C)C1. The third kappa shape index (κ3) is 2.81. The van der Waals surface area contributed by atoms with Crippen molar-refractivity contribution < 1.29 is 13.9 Å². The van der Waals surface area contributed by atoms with Gasteiger partial charge < -0.3 is 9.64 Å². The average Bonchev–Trinajstić information content (AvgIpc) is 2.44. The molecule has 116 valence electrons. The molecule has 0 bridgehead atoms. The van der Waals surface area contributed by atoms with E-state index in [4.69, 9.17) is 4.74 Å². The van der Waals surface area contributed by atoms with Crippen molar-refractivity contribution in [1.82, 2.24) is 9.88 Å². The Labute approximate surface area is 128 Å². The first kappa shape index (κ1) is 14.9. The lowest BCUT2D eigenvalue weighted by atomic mass is 10.1. The smallest absolute Gasteiger partial charge is 0.255 e. The van der Waals surface area contributed by atoms with Gasteiger partial charge in [-0.2, -0.15) is 0 Å². The highest BCUT2D eigenvalue weighted by Crippen LogP contribution is 2.21. The number of carbonyl (C=O) groups is 1. The Hall–Kier alpha value is -2.01. The molecule has 0 aliphatic carbocycles. The quantitative estimate of drug-likeness (QED) is 0.813. The first-order valence-electron chi connectivity index (χ1n) is 7.45. The normalized spacial score (nSPS) is 22.1. The highest BCUT2D eigenvalue weighted by atomic mass is 19.1. The van der Waals surface area contributed by atoms with Gasteiger partial charge in [-0.3, -0.25) is 9.78 Å². The molecule has 1 aliphatic heterocycles. The van der Waals surface area contributed by atoms with Crippen LogP contribution >= 0.6 is 0 Å². The maximum Gasteiger partial charge on any atom is 0.255 e. The third-order valence-corrected chi connectivity index (χ3v) is 3.91. The Bertz CT molecular complexity index is 722. The molecule has 0 radical (unpaired) electrons. The van der Waals surface area contributed by atoms with Crippen molar-refractivity contribution in [3.05, 3.63) is 41.3 Å². The van der Waals surface area contributed by atoms with E-state index in [1.54, 1.807) is 24.0 Å². The summed E-state index contributed by atoms with van der Waals surface area (Å²) >= 11 is 0. The number of hydrogen-bond donors (Lipinski definition) is 0. The molecule has 22 heavy (non-hydrogen) atoms. The van der Waals surface area contributed by atoms with Gasteiger partial charge in [0, 0.05) is 24.5 Å². The maximum atomic E-state index is 13.3. The molecule has 0 saturated carbocycles. The van der Waals surface area contributed by atoms with Gasteiger partial charge in [0.25, 0.3) is 5.91 Å². The largest absolute Gasteiger partial charge is 0.372 e. The zero-order valence-electron chi connectivity index (χ0n) is 13.0. The van der Waals surface area contributed by atoms with Crippen molar-refractivity contribution in [2.45, 2.75) is 33.0 Å². The molecule has 1 amide bonds. The number of ether oxygens (including phenoxy) is 1. The number of aryl methyl sites for hydroxylation is 1. The van der Waals surface area contributed by atoms with Crippen LogP contribution in [0.3, 0.4) is 0 Å². The first-order chi connectivity index (χ1) is 10.4. The van der Waals surface area contributed by atoms with Gasteiger partial charge in [0.05, 0.1) is 29.0 Å². The molecule has 1 aliphatic rings. The number of carbonyl (C=O) groups excluding carboxylic acids is 1. The Morgan fingerprint density at radius 3 is 2.64 bits per heavy atom. The molecule has 2 heterocycles. The Morgan fingerprint density at radius 2 is 1.95 bits per heavy atom. The molecule has 0 unspecified atom stereocenters. The van der Waals surface area contributed by atoms with Crippen molar-refractivity contribution in [3.63, 3.8) is 0 Å². The minimum Gasteiger partial charge on any atom is -0.372 e. The van der Waals surface area contributed by atoms with Crippen LogP contribution in [0.1, 0.15) is 29.9 Å². The predicted octanol–water partition coefficient (Wildman–Crippen LogP) is 2.93. The summed E-state index contributed by atoms with van der Waals surface area (Å²) in [5.41, 5.74) is 1.76. The van der Waals surface area contributed by atoms with Crippen LogP contribution in [0.25, 0.3) is 10.9 Å². The summed E-state index contributed by atoms with van der Waals surface area (Å²) in [6.45, 7) is 6.85. The second-order valence-corrected chi connectivity index (χ2v) is 5.93. The van der Waals surface area contributed by atoms with Crippen molar-refractivity contribution >= 4 is 16.8 Å². The van der Waals surface area contributed by atoms with E-state index in [1.165, 1.54) is 12.1 Å². The molecule has 1 aromatic carbocycles. The van der Waals surface area contributed by atoms with Gasteiger partial charge in [0.1, 0.15) is 5.82 Å². The van der Waals surface area contributed by atoms with Gasteiger partial charge in [-0.25, -0.2) is 4.39 Å². The van der Waals surface area contributed by atoms with E-state index in [1.807, 2.05) is 13.8 Å². The van der Waals surface area contributed by atoms with E-state index in [2.05, 4.69) is 4.98 Å². The fraction of sp³-hybridized carbons (Fsp3) is 0.412. The average molecular weight is 302 g/mol. The van der Waals surface area contributed by atoms with Crippen molar-refractivity contribution in [2.24, 2.45) is 0 Å². The van der Waals surface area contributed by atoms with E-state index in [0.717, 1.165) is 5.39 Å². The van der Waals surface area contributed by atoms with Gasteiger partial charge >= 0.3 is 0 Å². The van der Waals surface area contributed by atoms with Crippen LogP contribution < -0.4 is 0 Å². The number of morpholine rings is 1. The lowest BCUT2D eigenvalue weighted by molar-refractivity contribution is -0.0586. The Kier molecular flexibility index (Phi) is 3.83. The van der Waals surface area contributed by atoms with Crippen molar-refractivity contribution in [3.8, 4) is 0 Å². The number of rotatable bonds is 1. The number of fused-ring (bicyclic) bond motifs is 1. The summed E-state index contributed by atoms with van der Waals surface area (Å²) in [5.74, 6) is -0.368. The molecule has 5 heteroatoms. The molecular formula is C17H19FN2O2. The molecule has 0 N–H and O–H groups in total. The summed E-state index contributed by atoms with van der Waals surface area (Å²) in [6, 6.07) is 6.21. The number of hydrogen-bond acceptors (Lipinski definition) is 3. The highest BCUT2D eigenvalue weighted by Gasteiger charge is 2.27. The maximum absolute atomic E-state index is 13.3. The number of pyridine rings is 1. The van der Waals surface area contributed by atoms with Gasteiger partial charge in [0.2, 0.25) is 0 Å². The van der Waals surface area contributed by atoms with Crippen molar-refractivity contribution in [1.29, 1.82) is 0 Å². The predicted molar refractivity (Wildman–Crippen MR) is 82.4 cm³/mol. The summed E-state index contributed by atoms with van der Waals surface area (Å²) in [7, 11) is 0. The molecule has 3 rings (SSSR count). The number of benzene rings is 1. The van der Waals surface area contributed by atoms with E-state index in [9.17, 15) is 9.18 Å². The first-order valence-corrected chi connectivity index (χ1v) is 7.45. The standard InChI is InChI=1S/C17H19FN2O2/c1-10-8-20(9-11(2)22-10)17(21)15-6-13-4-5-14(18)7-16(13)19-12(15)3/h4-7,10-11H,8-9H2,1-3H3/t10-,11-/m1/s1. The number of halogens is 1. The minimum atomic E-state index is -0.325. The summed E-state index contributed by atoms with van der Waals surface area (Å²) in [5, 5.41) is 0.768. The molecule has 2 aromatic rings. The summed E-state index contributed by atoms with van der Waals surface area (Å²) < 4.78 is 18.9. The van der Waals surface area contributed by atoms with E-state index in [0.29, 0.717) is 29.9 Å². The second-order valence-electron chi connectivity index (χ2n) is 5.93. The Morgan fingerprint density at radius 1 is 1.27 bits per heavy atom. The summed E-state index contributed by atoms with van der Waals surface area (Å²) in [6.07, 6.45) is 0.0473. The van der Waals surface area contributed by atoms with Gasteiger partial charge in [-0.1, -0.05) is 0 Å². The fourth-order valence-corrected chi connectivity index (χ4v) is 2.97. The summed E-state index contributed by atoms with van der Waals surface area (Å²) in [4.78, 5) is 19.0. The van der Waals surface area contributed by atoms with Crippen LogP contribution in [-0.4, -0.2) is 41.1 Å². The van der Waals surface area contributed by atoms with Gasteiger partial charge in [-0.05, 0) is 39.0 Å². The van der Waals surface area contributed by atoms with Crippen LogP contribution in [0, 0.1) is 12.7 Å². The third-order valence-electron chi connectivity index (χ3n) is 3.91. The number of aromatic nitrogens is 1. The highest BCUT2D eigenvalue weighted by molar-refractivity contribution is 5.98. The van der Waals surface area contributed by atoms with E-state index in [-0.39, 0.29) is 23.9 Å². The zero-order chi connectivity index (χ0) is 15.9. The topological polar surface area (TPSA) is 42.4 Å². The number of nitrogens with zero attached hydrogens (tertiary/aromatic N) is 2. The minimum absolute atomic E-state index is 0.0236. The van der Waals surface area contributed by atoms with E-state index < -0.39 is 0 Å². The molecular weight excluding hydrogens is 283 g/mol. The zero-order valence-corrected chi connectivity index (χ0v) is 13.0. The molecule has 1 aromatic heterocycles. The van der Waals surface area contributed by atoms with Crippen LogP contribution in [0.5, 0.6) is 0 Å². The van der Waals surface area contributed by atoms with Crippen LogP contribution in [0.2, 0.25) is 0 Å². The van der Waals surface area contributed by atoms with Crippen LogP contribution in [-0.2, 0) is 4.74 Å². The fourth-order valence-electron chi connectivity index (χ4n) is 2.97. The lowest BCUT2D eigenvalue weighted by Crippen LogP contribution is -2.48.